The summed E-state index contributed by atoms with van der Waals surface area (Å²) in [6.07, 6.45) is 0.973. The first-order valence-corrected chi connectivity index (χ1v) is 9.46. The highest BCUT2D eigenvalue weighted by Crippen LogP contribution is 2.22. The predicted molar refractivity (Wildman–Crippen MR) is 107 cm³/mol. The number of carbonyl (C=O) groups is 3. The van der Waals surface area contributed by atoms with Gasteiger partial charge in [-0.15, -0.1) is 5.10 Å². The molecule has 0 aliphatic carbocycles. The number of amidine groups is 1. The van der Waals surface area contributed by atoms with Crippen LogP contribution in [0.5, 0.6) is 5.75 Å². The normalized spacial score (nSPS) is 17.5. The summed E-state index contributed by atoms with van der Waals surface area (Å²) in [5.41, 5.74) is 1.97. The summed E-state index contributed by atoms with van der Waals surface area (Å²) in [7, 11) is 0. The van der Waals surface area contributed by atoms with Crippen molar-refractivity contribution < 1.29 is 24.2 Å². The first-order chi connectivity index (χ1) is 13.9. The molecule has 1 atom stereocenters. The van der Waals surface area contributed by atoms with E-state index in [1.807, 2.05) is 19.1 Å². The molecule has 0 spiro atoms. The Morgan fingerprint density at radius 1 is 1.21 bits per heavy atom. The Labute approximate surface area is 170 Å². The van der Waals surface area contributed by atoms with Gasteiger partial charge in [-0.2, -0.15) is 5.10 Å². The molecule has 8 nitrogen and oxygen atoms in total. The van der Waals surface area contributed by atoms with E-state index in [9.17, 15) is 19.5 Å². The molecule has 0 saturated carbocycles. The van der Waals surface area contributed by atoms with Crippen molar-refractivity contribution in [3.8, 4) is 5.75 Å². The zero-order valence-corrected chi connectivity index (χ0v) is 16.1. The second kappa shape index (κ2) is 9.16. The summed E-state index contributed by atoms with van der Waals surface area (Å²) in [5, 5.41) is 20.3. The number of hydrogen-bond donors (Lipinski definition) is 1. The maximum absolute atomic E-state index is 12.3. The Balaban J connectivity index is 1.69. The molecule has 1 heterocycles. The average molecular weight is 410 g/mol. The number of carboxylic acids is 1. The number of nitrogens with zero attached hydrogens (tertiary/aromatic N) is 2. The Bertz CT molecular complexity index is 1000. The van der Waals surface area contributed by atoms with Crippen LogP contribution >= 0.6 is 11.8 Å². The molecule has 0 bridgehead atoms. The number of ether oxygens (including phenoxy) is 1. The highest BCUT2D eigenvalue weighted by atomic mass is 32.2. The summed E-state index contributed by atoms with van der Waals surface area (Å²) >= 11 is 0.965. The van der Waals surface area contributed by atoms with Crippen LogP contribution in [0.1, 0.15) is 27.9 Å². The first kappa shape index (κ1) is 20.3. The molecule has 1 aliphatic rings. The number of rotatable bonds is 6. The number of amides is 1. The third-order valence-corrected chi connectivity index (χ3v) is 4.96. The molecule has 1 saturated heterocycles. The number of thioether (sulfide) groups is 1. The van der Waals surface area contributed by atoms with E-state index in [2.05, 4.69) is 15.5 Å². The van der Waals surface area contributed by atoms with Crippen LogP contribution in [0, 0.1) is 6.92 Å². The van der Waals surface area contributed by atoms with Crippen molar-refractivity contribution in [2.24, 2.45) is 10.2 Å². The van der Waals surface area contributed by atoms with Gasteiger partial charge >= 0.3 is 5.97 Å². The molecule has 1 amide bonds. The molecule has 2 aromatic rings. The summed E-state index contributed by atoms with van der Waals surface area (Å²) in [6, 6.07) is 13.8. The Kier molecular flexibility index (Phi) is 6.40. The van der Waals surface area contributed by atoms with Crippen LogP contribution in [0.2, 0.25) is 0 Å². The lowest BCUT2D eigenvalue weighted by Crippen LogP contribution is -2.31. The molecule has 1 fully saturated rings. The van der Waals surface area contributed by atoms with Crippen LogP contribution in [0.25, 0.3) is 0 Å². The highest BCUT2D eigenvalue weighted by molar-refractivity contribution is 8.15. The van der Waals surface area contributed by atoms with E-state index in [0.717, 1.165) is 17.3 Å². The van der Waals surface area contributed by atoms with Gasteiger partial charge in [0.25, 0.3) is 0 Å². The van der Waals surface area contributed by atoms with Crippen LogP contribution in [-0.2, 0) is 9.59 Å². The Morgan fingerprint density at radius 2 is 1.93 bits per heavy atom. The van der Waals surface area contributed by atoms with E-state index in [1.54, 1.807) is 36.4 Å². The van der Waals surface area contributed by atoms with Gasteiger partial charge in [0.1, 0.15) is 5.75 Å². The van der Waals surface area contributed by atoms with E-state index in [4.69, 9.17) is 4.74 Å². The lowest BCUT2D eigenvalue weighted by molar-refractivity contribution is -0.305. The lowest BCUT2D eigenvalue weighted by atomic mass is 10.1. The number of carbonyl (C=O) groups excluding carboxylic acids is 3. The summed E-state index contributed by atoms with van der Waals surface area (Å²) in [5.74, 6) is -1.96. The Hall–Kier alpha value is -3.46. The molecule has 0 aromatic heterocycles. The number of para-hydroxylation sites is 1. The third-order valence-electron chi connectivity index (χ3n) is 3.88. The van der Waals surface area contributed by atoms with Crippen molar-refractivity contribution in [1.82, 2.24) is 5.32 Å². The summed E-state index contributed by atoms with van der Waals surface area (Å²) in [4.78, 5) is 34.6. The second-order valence-electron chi connectivity index (χ2n) is 6.11. The number of benzene rings is 2. The maximum Gasteiger partial charge on any atom is 0.343 e. The molecule has 1 N–H and O–H groups in total. The fourth-order valence-corrected chi connectivity index (χ4v) is 3.32. The average Bonchev–Trinajstić information content (AvgIpc) is 3.02. The van der Waals surface area contributed by atoms with Gasteiger partial charge in [-0.25, -0.2) is 4.79 Å². The quantitative estimate of drug-likeness (QED) is 0.331. The van der Waals surface area contributed by atoms with Crippen LogP contribution < -0.4 is 15.2 Å². The van der Waals surface area contributed by atoms with Gasteiger partial charge in [-0.05, 0) is 31.2 Å². The maximum atomic E-state index is 12.3. The lowest BCUT2D eigenvalue weighted by Gasteiger charge is -2.07. The minimum Gasteiger partial charge on any atom is -0.550 e. The Morgan fingerprint density at radius 3 is 2.66 bits per heavy atom. The van der Waals surface area contributed by atoms with Crippen LogP contribution in [0.3, 0.4) is 0 Å². The molecule has 1 aliphatic heterocycles. The fraction of sp³-hybridized carbons (Fsp3) is 0.150. The highest BCUT2D eigenvalue weighted by Gasteiger charge is 2.30. The predicted octanol–water partition coefficient (Wildman–Crippen LogP) is 1.28. The second-order valence-corrected chi connectivity index (χ2v) is 7.31. The van der Waals surface area contributed by atoms with Gasteiger partial charge in [0.05, 0.1) is 17.0 Å². The number of nitrogens with one attached hydrogen (secondary N) is 1. The molecule has 3 rings (SSSR count). The van der Waals surface area contributed by atoms with Crippen LogP contribution in [0.4, 0.5) is 0 Å². The smallest absolute Gasteiger partial charge is 0.343 e. The van der Waals surface area contributed by atoms with Gasteiger partial charge in [0, 0.05) is 18.0 Å². The standard InChI is InChI=1S/C20H17N3O5S/c1-12-6-8-13(9-7-12)19(27)28-15-5-3-2-4-14(15)11-21-23-20-22-18(26)16(29-20)10-17(24)25/h2-9,11,16H,10H2,1H3,(H,24,25)(H,22,23,26)/p-1. The largest absolute Gasteiger partial charge is 0.550 e. The van der Waals surface area contributed by atoms with Crippen molar-refractivity contribution >= 4 is 41.0 Å². The monoisotopic (exact) mass is 410 g/mol. The van der Waals surface area contributed by atoms with Gasteiger partial charge in [0.15, 0.2) is 5.17 Å². The van der Waals surface area contributed by atoms with Gasteiger partial charge in [0.2, 0.25) is 5.91 Å². The van der Waals surface area contributed by atoms with Gasteiger partial charge in [-0.1, -0.05) is 41.6 Å². The zero-order valence-electron chi connectivity index (χ0n) is 15.3. The van der Waals surface area contributed by atoms with Crippen molar-refractivity contribution in [2.75, 3.05) is 0 Å². The molecule has 2 aromatic carbocycles. The van der Waals surface area contributed by atoms with E-state index >= 15 is 0 Å². The van der Waals surface area contributed by atoms with Crippen molar-refractivity contribution in [3.05, 3.63) is 65.2 Å². The van der Waals surface area contributed by atoms with Crippen LogP contribution in [-0.4, -0.2) is 34.5 Å². The van der Waals surface area contributed by atoms with E-state index in [1.165, 1.54) is 6.21 Å². The van der Waals surface area contributed by atoms with Crippen molar-refractivity contribution in [3.63, 3.8) is 0 Å². The molecular weight excluding hydrogens is 394 g/mol. The first-order valence-electron chi connectivity index (χ1n) is 8.58. The van der Waals surface area contributed by atoms with Gasteiger partial charge in [-0.3, -0.25) is 4.79 Å². The molecular formula is C20H16N3O5S-. The topological polar surface area (TPSA) is 120 Å². The summed E-state index contributed by atoms with van der Waals surface area (Å²) in [6.45, 7) is 1.92. The zero-order chi connectivity index (χ0) is 20.8. The molecule has 9 heteroatoms. The van der Waals surface area contributed by atoms with Gasteiger partial charge < -0.3 is 20.0 Å². The molecule has 1 unspecified atom stereocenters. The number of carboxylic acid groups (broad SMARTS) is 1. The number of esters is 1. The summed E-state index contributed by atoms with van der Waals surface area (Å²) < 4.78 is 5.45. The van der Waals surface area contributed by atoms with Crippen molar-refractivity contribution in [2.45, 2.75) is 18.6 Å². The number of hydrogen-bond acceptors (Lipinski definition) is 8. The van der Waals surface area contributed by atoms with E-state index < -0.39 is 29.5 Å². The van der Waals surface area contributed by atoms with E-state index in [-0.39, 0.29) is 5.17 Å². The minimum absolute atomic E-state index is 0.187. The van der Waals surface area contributed by atoms with E-state index in [0.29, 0.717) is 16.9 Å². The SMILES string of the molecule is Cc1ccc(C(=O)Oc2ccccc2C=NN=C2NC(=O)C(CC(=O)[O-])S2)cc1. The third kappa shape index (κ3) is 5.52. The minimum atomic E-state index is -1.31. The number of aryl methyl sites for hydroxylation is 1. The molecule has 148 valence electrons. The van der Waals surface area contributed by atoms with Crippen LogP contribution in [0.15, 0.2) is 58.7 Å². The number of aliphatic carboxylic acids is 1. The molecule has 29 heavy (non-hydrogen) atoms. The molecule has 0 radical (unpaired) electrons. The fourth-order valence-electron chi connectivity index (χ4n) is 2.41. The van der Waals surface area contributed by atoms with Crippen molar-refractivity contribution in [1.29, 1.82) is 0 Å².